The van der Waals surface area contributed by atoms with Gasteiger partial charge in [-0.1, -0.05) is 32.5 Å². The summed E-state index contributed by atoms with van der Waals surface area (Å²) in [4.78, 5) is 35.4. The van der Waals surface area contributed by atoms with Crippen molar-refractivity contribution in [2.45, 2.75) is 20.8 Å². The molecule has 2 N–H and O–H groups in total. The summed E-state index contributed by atoms with van der Waals surface area (Å²) in [7, 11) is -4.46. The third-order valence-corrected chi connectivity index (χ3v) is 5.42. The van der Waals surface area contributed by atoms with Crippen LogP contribution in [0.1, 0.15) is 20.8 Å². The van der Waals surface area contributed by atoms with Crippen molar-refractivity contribution in [3.8, 4) is 0 Å². The topological polar surface area (TPSA) is 145 Å². The maximum atomic E-state index is 11.7. The van der Waals surface area contributed by atoms with Gasteiger partial charge in [0.2, 0.25) is 0 Å². The van der Waals surface area contributed by atoms with Crippen LogP contribution in [0, 0.1) is 5.41 Å². The Kier molecular flexibility index (Phi) is 7.54. The number of rotatable bonds is 8. The Morgan fingerprint density at radius 1 is 1.39 bits per heavy atom. The number of nitrogens with two attached hydrogens (primary N) is 1. The van der Waals surface area contributed by atoms with Crippen molar-refractivity contribution in [1.29, 1.82) is 0 Å². The van der Waals surface area contributed by atoms with Gasteiger partial charge in [0.1, 0.15) is 12.7 Å². The highest BCUT2D eigenvalue weighted by molar-refractivity contribution is 8.13. The lowest BCUT2D eigenvalue weighted by Gasteiger charge is -2.22. The first-order chi connectivity index (χ1) is 13.1. The van der Waals surface area contributed by atoms with E-state index < -0.39 is 13.2 Å². The number of imidazole rings is 1. The van der Waals surface area contributed by atoms with Crippen LogP contribution in [-0.4, -0.2) is 43.6 Å². The third kappa shape index (κ3) is 6.56. The first kappa shape index (κ1) is 22.3. The number of fused-ring (bicyclic) bond motifs is 1. The Morgan fingerprint density at radius 2 is 2.14 bits per heavy atom. The number of hydrogen-bond donors (Lipinski definition) is 1. The molecule has 1 unspecified atom stereocenters. The first-order valence-corrected chi connectivity index (χ1v) is 10.7. The largest absolute Gasteiger partial charge is 0.756 e. The van der Waals surface area contributed by atoms with Crippen molar-refractivity contribution in [2.24, 2.45) is 5.41 Å². The molecule has 0 bridgehead atoms. The maximum Gasteiger partial charge on any atom is 0.268 e. The van der Waals surface area contributed by atoms with Gasteiger partial charge in [-0.3, -0.25) is 13.9 Å². The zero-order valence-corrected chi connectivity index (χ0v) is 17.4. The second kappa shape index (κ2) is 9.47. The van der Waals surface area contributed by atoms with E-state index >= 15 is 0 Å². The minimum absolute atomic E-state index is 0.0372. The molecular weight excluding hydrogens is 405 g/mol. The summed E-state index contributed by atoms with van der Waals surface area (Å²) in [5, 5.41) is -0.0372. The number of phosphoric ester groups is 1. The molecule has 0 amide bonds. The molecule has 0 fully saturated rings. The molecule has 2 aromatic rings. The van der Waals surface area contributed by atoms with Crippen LogP contribution in [0.15, 0.2) is 24.5 Å². The van der Waals surface area contributed by atoms with Gasteiger partial charge in [0, 0.05) is 11.2 Å². The highest BCUT2D eigenvalue weighted by atomic mass is 32.2. The quantitative estimate of drug-likeness (QED) is 0.377. The lowest BCUT2D eigenvalue weighted by molar-refractivity contribution is -0.223. The molecule has 0 radical (unpaired) electrons. The van der Waals surface area contributed by atoms with E-state index in [4.69, 9.17) is 14.8 Å². The monoisotopic (exact) mass is 426 g/mol. The van der Waals surface area contributed by atoms with Crippen molar-refractivity contribution in [2.75, 3.05) is 24.7 Å². The van der Waals surface area contributed by atoms with E-state index in [2.05, 4.69) is 20.7 Å². The summed E-state index contributed by atoms with van der Waals surface area (Å²) < 4.78 is 22.6. The maximum absolute atomic E-state index is 11.7. The molecule has 2 heterocycles. The zero-order chi connectivity index (χ0) is 20.8. The predicted octanol–water partition coefficient (Wildman–Crippen LogP) is 1.84. The molecule has 0 spiro atoms. The van der Waals surface area contributed by atoms with Gasteiger partial charge in [0.05, 0.1) is 19.4 Å². The molecule has 0 aromatic carbocycles. The van der Waals surface area contributed by atoms with E-state index in [1.807, 2.05) is 0 Å². The second-order valence-corrected chi connectivity index (χ2v) is 9.02. The number of hydrogen-bond acceptors (Lipinski definition) is 10. The fourth-order valence-corrected chi connectivity index (χ4v) is 3.37. The van der Waals surface area contributed by atoms with E-state index in [1.54, 1.807) is 25.3 Å². The molecule has 10 nitrogen and oxygen atoms in total. The smallest absolute Gasteiger partial charge is 0.268 e. The van der Waals surface area contributed by atoms with Crippen molar-refractivity contribution in [3.05, 3.63) is 24.5 Å². The van der Waals surface area contributed by atoms with E-state index in [9.17, 15) is 14.3 Å². The number of anilines is 1. The van der Waals surface area contributed by atoms with Gasteiger partial charge < -0.3 is 19.7 Å². The normalized spacial score (nSPS) is 13.7. The standard InChI is InChI=1S/C16H22N5O5PS/c1-16(2,3)15(22)28-9-8-26-27(23,24)25-7-5-4-6-21-11-20-12-13(17)18-10-19-14(12)21/h5-6,10-11H,7-9H2,1-3H3,(H,23,24)(H2,17,18,19)/p-1. The fraction of sp³-hybridized carbons (Fsp3) is 0.438. The van der Waals surface area contributed by atoms with Gasteiger partial charge in [-0.2, -0.15) is 0 Å². The molecule has 2 rings (SSSR count). The lowest BCUT2D eigenvalue weighted by Crippen LogP contribution is -2.18. The van der Waals surface area contributed by atoms with Crippen molar-refractivity contribution < 1.29 is 23.3 Å². The highest BCUT2D eigenvalue weighted by Crippen LogP contribution is 2.38. The van der Waals surface area contributed by atoms with E-state index in [0.29, 0.717) is 11.2 Å². The van der Waals surface area contributed by atoms with Gasteiger partial charge in [-0.15, -0.1) is 5.73 Å². The summed E-state index contributed by atoms with van der Waals surface area (Å²) in [6.07, 6.45) is 5.66. The van der Waals surface area contributed by atoms with Crippen LogP contribution in [0.4, 0.5) is 5.82 Å². The van der Waals surface area contributed by atoms with E-state index in [1.165, 1.54) is 24.9 Å². The molecule has 0 saturated carbocycles. The molecular formula is C16H21N5O5PS-. The minimum Gasteiger partial charge on any atom is -0.756 e. The molecule has 28 heavy (non-hydrogen) atoms. The van der Waals surface area contributed by atoms with Gasteiger partial charge in [0.15, 0.2) is 22.1 Å². The Bertz CT molecular complexity index is 949. The third-order valence-electron chi connectivity index (χ3n) is 3.21. The van der Waals surface area contributed by atoms with Crippen LogP contribution in [0.2, 0.25) is 0 Å². The summed E-state index contributed by atoms with van der Waals surface area (Å²) in [5.41, 5.74) is 8.91. The number of nitrogen functional groups attached to an aromatic ring is 1. The molecule has 2 aromatic heterocycles. The molecule has 152 valence electrons. The first-order valence-electron chi connectivity index (χ1n) is 8.21. The number of nitrogens with zero attached hydrogens (tertiary/aromatic N) is 4. The summed E-state index contributed by atoms with van der Waals surface area (Å²) in [6, 6.07) is 0. The minimum atomic E-state index is -4.46. The lowest BCUT2D eigenvalue weighted by atomic mass is 10.00. The number of carbonyl (C=O) groups is 1. The number of phosphoric acid groups is 1. The summed E-state index contributed by atoms with van der Waals surface area (Å²) in [5.74, 6) is 0.483. The molecule has 12 heteroatoms. The molecule has 0 saturated heterocycles. The zero-order valence-electron chi connectivity index (χ0n) is 15.7. The molecule has 0 aliphatic carbocycles. The van der Waals surface area contributed by atoms with Crippen LogP contribution in [0.5, 0.6) is 0 Å². The summed E-state index contributed by atoms with van der Waals surface area (Å²) in [6.45, 7) is 4.97. The van der Waals surface area contributed by atoms with Crippen LogP contribution in [-0.2, 0) is 18.4 Å². The van der Waals surface area contributed by atoms with Gasteiger partial charge in [-0.25, -0.2) is 15.0 Å². The fourth-order valence-electron chi connectivity index (χ4n) is 1.81. The van der Waals surface area contributed by atoms with Crippen LogP contribution in [0.25, 0.3) is 17.4 Å². The van der Waals surface area contributed by atoms with Crippen LogP contribution >= 0.6 is 19.6 Å². The van der Waals surface area contributed by atoms with E-state index in [0.717, 1.165) is 11.8 Å². The van der Waals surface area contributed by atoms with Crippen LogP contribution < -0.4 is 10.6 Å². The average molecular weight is 426 g/mol. The van der Waals surface area contributed by atoms with E-state index in [-0.39, 0.29) is 29.9 Å². The molecule has 0 aliphatic rings. The Morgan fingerprint density at radius 3 is 2.86 bits per heavy atom. The van der Waals surface area contributed by atoms with Gasteiger partial charge >= 0.3 is 0 Å². The predicted molar refractivity (Wildman–Crippen MR) is 105 cm³/mol. The second-order valence-electron chi connectivity index (χ2n) is 6.54. The Balaban J connectivity index is 1.79. The highest BCUT2D eigenvalue weighted by Gasteiger charge is 2.21. The Labute approximate surface area is 166 Å². The average Bonchev–Trinajstić information content (AvgIpc) is 3.02. The van der Waals surface area contributed by atoms with Crippen LogP contribution in [0.3, 0.4) is 0 Å². The summed E-state index contributed by atoms with van der Waals surface area (Å²) >= 11 is 1.02. The van der Waals surface area contributed by atoms with Crippen molar-refractivity contribution in [3.63, 3.8) is 0 Å². The Hall–Kier alpha value is -2.00. The van der Waals surface area contributed by atoms with Gasteiger partial charge in [-0.05, 0) is 6.08 Å². The number of thioether (sulfide) groups is 1. The number of aromatic nitrogens is 4. The number of carbonyl (C=O) groups excluding carboxylic acids is 1. The van der Waals surface area contributed by atoms with Gasteiger partial charge in [0.25, 0.3) is 7.82 Å². The molecule has 1 atom stereocenters. The SMILES string of the molecule is CC(C)(C)C(=O)SCCOP(=O)([O-])OCC=C=Cn1cnc2c(N)ncnc21. The van der Waals surface area contributed by atoms with Crippen molar-refractivity contribution >= 4 is 47.9 Å². The molecule has 0 aliphatic heterocycles. The van der Waals surface area contributed by atoms with Crippen molar-refractivity contribution in [1.82, 2.24) is 19.5 Å².